The highest BCUT2D eigenvalue weighted by Gasteiger charge is 2.39. The van der Waals surface area contributed by atoms with Crippen LogP contribution in [-0.2, 0) is 0 Å². The Morgan fingerprint density at radius 1 is 1.08 bits per heavy atom. The zero-order valence-electron chi connectivity index (χ0n) is 19.9. The predicted molar refractivity (Wildman–Crippen MR) is 125 cm³/mol. The van der Waals surface area contributed by atoms with E-state index in [9.17, 15) is 22.8 Å². The Morgan fingerprint density at radius 3 is 2.43 bits per heavy atom. The van der Waals surface area contributed by atoms with Gasteiger partial charge in [0, 0.05) is 18.7 Å². The number of aryl methyl sites for hydroxylation is 1. The molecule has 5 rings (SSSR count). The van der Waals surface area contributed by atoms with Crippen molar-refractivity contribution in [3.05, 3.63) is 70.3 Å². The minimum Gasteiger partial charge on any atom is -0.468 e. The van der Waals surface area contributed by atoms with E-state index in [2.05, 4.69) is 15.2 Å². The average molecular weight is 513 g/mol. The highest BCUT2D eigenvalue weighted by Crippen LogP contribution is 2.32. The van der Waals surface area contributed by atoms with Crippen molar-refractivity contribution < 1.29 is 27.5 Å². The molecule has 1 aromatic carbocycles. The fourth-order valence-electron chi connectivity index (χ4n) is 4.45. The number of nitrogens with zero attached hydrogens (tertiary/aromatic N) is 6. The summed E-state index contributed by atoms with van der Waals surface area (Å²) in [5.74, 6) is -2.87. The first-order valence-corrected chi connectivity index (χ1v) is 11.4. The van der Waals surface area contributed by atoms with Crippen molar-refractivity contribution in [1.29, 1.82) is 0 Å². The molecule has 10 nitrogen and oxygen atoms in total. The van der Waals surface area contributed by atoms with Crippen molar-refractivity contribution >= 4 is 18.2 Å². The maximum Gasteiger partial charge on any atom is 0.341 e. The van der Waals surface area contributed by atoms with Gasteiger partial charge in [-0.1, -0.05) is 0 Å². The molecule has 2 aliphatic rings. The molecule has 37 heavy (non-hydrogen) atoms. The molecule has 13 heteroatoms. The van der Waals surface area contributed by atoms with E-state index in [-0.39, 0.29) is 30.4 Å². The van der Waals surface area contributed by atoms with E-state index >= 15 is 0 Å². The maximum absolute atomic E-state index is 14.5. The third-order valence-corrected chi connectivity index (χ3v) is 6.25. The van der Waals surface area contributed by atoms with Crippen LogP contribution in [-0.4, -0.2) is 62.0 Å². The Hall–Kier alpha value is -4.42. The molecular formula is C24H22F3N7O3. The molecule has 3 aromatic rings. The standard InChI is InChI=1S/C24H22F3N7O3/c1-12-21(22(28)35)13(2)33(31-12)20-4-3-18(27)23(30-20)37-17-10-32(11-17)24(36)34-19(5-6-29-34)14-7-15(25)9-16(26)8-14/h3-4,6-9,17,19H,5,10-11H2,1-2H3,(H2,28,35)/t19-/m0/s1. The van der Waals surface area contributed by atoms with Crippen molar-refractivity contribution in [2.75, 3.05) is 13.1 Å². The van der Waals surface area contributed by atoms with E-state index in [1.54, 1.807) is 13.8 Å². The lowest BCUT2D eigenvalue weighted by molar-refractivity contribution is 0.0230. The number of hydrogen-bond acceptors (Lipinski definition) is 6. The molecule has 1 fully saturated rings. The number of primary amides is 1. The topological polar surface area (TPSA) is 119 Å². The molecule has 0 unspecified atom stereocenters. The van der Waals surface area contributed by atoms with Gasteiger partial charge in [-0.15, -0.1) is 0 Å². The van der Waals surface area contributed by atoms with E-state index in [4.69, 9.17) is 10.5 Å². The second-order valence-corrected chi connectivity index (χ2v) is 8.80. The van der Waals surface area contributed by atoms with Crippen LogP contribution in [0.3, 0.4) is 0 Å². The van der Waals surface area contributed by atoms with Gasteiger partial charge in [0.2, 0.25) is 0 Å². The fraction of sp³-hybridized carbons (Fsp3) is 0.292. The Bertz CT molecular complexity index is 1410. The molecule has 0 bridgehead atoms. The average Bonchev–Trinajstić information content (AvgIpc) is 3.40. The third-order valence-electron chi connectivity index (χ3n) is 6.25. The van der Waals surface area contributed by atoms with Crippen LogP contribution >= 0.6 is 0 Å². The quantitative estimate of drug-likeness (QED) is 0.563. The van der Waals surface area contributed by atoms with E-state index in [1.165, 1.54) is 45.1 Å². The molecular weight excluding hydrogens is 491 g/mol. The van der Waals surface area contributed by atoms with Crippen molar-refractivity contribution in [3.8, 4) is 11.7 Å². The van der Waals surface area contributed by atoms with E-state index in [0.29, 0.717) is 23.4 Å². The number of aromatic nitrogens is 3. The van der Waals surface area contributed by atoms with Crippen molar-refractivity contribution in [2.45, 2.75) is 32.4 Å². The largest absolute Gasteiger partial charge is 0.468 e. The van der Waals surface area contributed by atoms with Gasteiger partial charge in [0.25, 0.3) is 11.8 Å². The normalized spacial score (nSPS) is 17.3. The number of urea groups is 1. The van der Waals surface area contributed by atoms with Crippen LogP contribution in [0.15, 0.2) is 35.4 Å². The smallest absolute Gasteiger partial charge is 0.341 e. The summed E-state index contributed by atoms with van der Waals surface area (Å²) >= 11 is 0. The van der Waals surface area contributed by atoms with E-state index in [1.807, 2.05) is 0 Å². The summed E-state index contributed by atoms with van der Waals surface area (Å²) in [5.41, 5.74) is 6.83. The van der Waals surface area contributed by atoms with Gasteiger partial charge in [-0.3, -0.25) is 4.79 Å². The number of pyridine rings is 1. The number of carbonyl (C=O) groups excluding carboxylic acids is 2. The number of ether oxygens (including phenoxy) is 1. The molecule has 2 N–H and O–H groups in total. The highest BCUT2D eigenvalue weighted by molar-refractivity contribution is 5.95. The molecule has 192 valence electrons. The summed E-state index contributed by atoms with van der Waals surface area (Å²) in [6, 6.07) is 4.55. The minimum absolute atomic E-state index is 0.131. The number of carbonyl (C=O) groups is 2. The Morgan fingerprint density at radius 2 is 1.78 bits per heavy atom. The molecule has 0 spiro atoms. The second-order valence-electron chi connectivity index (χ2n) is 8.80. The number of likely N-dealkylation sites (tertiary alicyclic amines) is 1. The van der Waals surface area contributed by atoms with Gasteiger partial charge in [-0.05, 0) is 43.7 Å². The lowest BCUT2D eigenvalue weighted by atomic mass is 10.0. The zero-order valence-corrected chi connectivity index (χ0v) is 19.9. The number of hydrogen-bond donors (Lipinski definition) is 1. The van der Waals surface area contributed by atoms with Crippen LogP contribution in [0.5, 0.6) is 5.88 Å². The molecule has 0 radical (unpaired) electrons. The molecule has 0 aliphatic carbocycles. The zero-order chi connectivity index (χ0) is 26.4. The Labute approximate surface area is 209 Å². The van der Waals surface area contributed by atoms with Gasteiger partial charge >= 0.3 is 6.03 Å². The number of nitrogens with two attached hydrogens (primary N) is 1. The van der Waals surface area contributed by atoms with Crippen molar-refractivity contribution in [1.82, 2.24) is 24.7 Å². The lowest BCUT2D eigenvalue weighted by Gasteiger charge is -2.40. The Balaban J connectivity index is 1.26. The maximum atomic E-state index is 14.5. The second kappa shape index (κ2) is 9.22. The summed E-state index contributed by atoms with van der Waals surface area (Å²) in [5, 5.41) is 9.50. The first kappa shape index (κ1) is 24.3. The van der Waals surface area contributed by atoms with Crippen LogP contribution in [0.4, 0.5) is 18.0 Å². The monoisotopic (exact) mass is 513 g/mol. The summed E-state index contributed by atoms with van der Waals surface area (Å²) in [4.78, 5) is 30.3. The van der Waals surface area contributed by atoms with Crippen LogP contribution < -0.4 is 10.5 Å². The van der Waals surface area contributed by atoms with Gasteiger partial charge < -0.3 is 15.4 Å². The number of halogens is 3. The SMILES string of the molecule is Cc1nn(-c2ccc(F)c(OC3CN(C(=O)N4N=CC[C@H]4c4cc(F)cc(F)c4)C3)n2)c(C)c1C(N)=O. The van der Waals surface area contributed by atoms with E-state index in [0.717, 1.165) is 6.07 Å². The van der Waals surface area contributed by atoms with Crippen LogP contribution in [0, 0.1) is 31.3 Å². The summed E-state index contributed by atoms with van der Waals surface area (Å²) in [7, 11) is 0. The highest BCUT2D eigenvalue weighted by atomic mass is 19.1. The van der Waals surface area contributed by atoms with Crippen LogP contribution in [0.25, 0.3) is 5.82 Å². The first-order valence-electron chi connectivity index (χ1n) is 11.4. The third kappa shape index (κ3) is 4.47. The molecule has 1 atom stereocenters. The van der Waals surface area contributed by atoms with Gasteiger partial charge in [0.15, 0.2) is 11.6 Å². The first-order chi connectivity index (χ1) is 17.6. The molecule has 2 aliphatic heterocycles. The molecule has 1 saturated heterocycles. The van der Waals surface area contributed by atoms with Crippen LogP contribution in [0.1, 0.15) is 39.8 Å². The molecule has 0 saturated carbocycles. The lowest BCUT2D eigenvalue weighted by Crippen LogP contribution is -2.59. The Kier molecular flexibility index (Phi) is 6.05. The van der Waals surface area contributed by atoms with Gasteiger partial charge in [0.05, 0.1) is 36.1 Å². The predicted octanol–water partition coefficient (Wildman–Crippen LogP) is 3.02. The van der Waals surface area contributed by atoms with E-state index < -0.39 is 41.5 Å². The summed E-state index contributed by atoms with van der Waals surface area (Å²) in [6.07, 6.45) is 1.28. The van der Waals surface area contributed by atoms with Gasteiger partial charge in [0.1, 0.15) is 17.7 Å². The molecule has 4 heterocycles. The van der Waals surface area contributed by atoms with Crippen molar-refractivity contribution in [3.63, 3.8) is 0 Å². The van der Waals surface area contributed by atoms with Crippen LogP contribution in [0.2, 0.25) is 0 Å². The van der Waals surface area contributed by atoms with Gasteiger partial charge in [-0.2, -0.15) is 15.2 Å². The van der Waals surface area contributed by atoms with Crippen molar-refractivity contribution in [2.24, 2.45) is 10.8 Å². The number of benzene rings is 1. The number of amides is 3. The molecule has 3 amide bonds. The summed E-state index contributed by atoms with van der Waals surface area (Å²) in [6.45, 7) is 3.54. The fourth-order valence-corrected chi connectivity index (χ4v) is 4.45. The summed E-state index contributed by atoms with van der Waals surface area (Å²) < 4.78 is 48.9. The number of hydrazone groups is 1. The number of rotatable bonds is 5. The van der Waals surface area contributed by atoms with Gasteiger partial charge in [-0.25, -0.2) is 27.7 Å². The molecule has 2 aromatic heterocycles. The minimum atomic E-state index is -0.741.